The second kappa shape index (κ2) is 4.61. The summed E-state index contributed by atoms with van der Waals surface area (Å²) >= 11 is 0. The van der Waals surface area contributed by atoms with Crippen molar-refractivity contribution in [3.8, 4) is 0 Å². The first-order valence-corrected chi connectivity index (χ1v) is 4.10. The van der Waals surface area contributed by atoms with Crippen molar-refractivity contribution in [1.29, 1.82) is 0 Å². The zero-order valence-corrected chi connectivity index (χ0v) is 7.87. The maximum atomic E-state index is 11.3. The van der Waals surface area contributed by atoms with Gasteiger partial charge in [-0.3, -0.25) is 9.89 Å². The van der Waals surface area contributed by atoms with Crippen LogP contribution in [0.3, 0.4) is 0 Å². The summed E-state index contributed by atoms with van der Waals surface area (Å²) in [4.78, 5) is 13.0. The molecule has 2 N–H and O–H groups in total. The largest absolute Gasteiger partial charge is 0.340 e. The van der Waals surface area contributed by atoms with E-state index in [0.717, 1.165) is 5.56 Å². The Hall–Kier alpha value is -1.36. The number of hydrogen-bond acceptors (Lipinski definition) is 3. The van der Waals surface area contributed by atoms with E-state index in [1.54, 1.807) is 31.4 Å². The summed E-state index contributed by atoms with van der Waals surface area (Å²) in [5, 5.41) is 9.32. The molecular formula is C8H14N4O. The van der Waals surface area contributed by atoms with E-state index in [9.17, 15) is 4.79 Å². The van der Waals surface area contributed by atoms with Crippen molar-refractivity contribution in [2.45, 2.75) is 6.54 Å². The minimum absolute atomic E-state index is 0.0729. The van der Waals surface area contributed by atoms with Crippen molar-refractivity contribution < 1.29 is 4.79 Å². The van der Waals surface area contributed by atoms with E-state index >= 15 is 0 Å². The van der Waals surface area contributed by atoms with Crippen LogP contribution in [0.15, 0.2) is 12.4 Å². The van der Waals surface area contributed by atoms with E-state index in [0.29, 0.717) is 13.1 Å². The first-order chi connectivity index (χ1) is 6.24. The summed E-state index contributed by atoms with van der Waals surface area (Å²) in [7, 11) is 3.52. The fourth-order valence-electron chi connectivity index (χ4n) is 1.01. The number of H-pyrrole nitrogens is 1. The Balaban J connectivity index is 2.41. The van der Waals surface area contributed by atoms with Crippen molar-refractivity contribution in [3.63, 3.8) is 0 Å². The van der Waals surface area contributed by atoms with E-state index in [1.807, 2.05) is 0 Å². The topological polar surface area (TPSA) is 61.0 Å². The highest BCUT2D eigenvalue weighted by molar-refractivity contribution is 5.77. The number of hydrogen-bond donors (Lipinski definition) is 2. The summed E-state index contributed by atoms with van der Waals surface area (Å²) in [6.45, 7) is 0.964. The maximum absolute atomic E-state index is 11.3. The molecule has 0 bridgehead atoms. The fourth-order valence-corrected chi connectivity index (χ4v) is 1.01. The lowest BCUT2D eigenvalue weighted by Crippen LogP contribution is -2.33. The number of amides is 1. The standard InChI is InChI=1S/C8H14N4O/c1-9-5-8(13)12(2)6-7-3-10-11-4-7/h3-4,9H,5-6H2,1-2H3,(H,10,11). The third-order valence-electron chi connectivity index (χ3n) is 1.73. The molecule has 1 rings (SSSR count). The van der Waals surface area contributed by atoms with Crippen molar-refractivity contribution in [3.05, 3.63) is 18.0 Å². The van der Waals surface area contributed by atoms with Crippen LogP contribution in [0.2, 0.25) is 0 Å². The molecule has 1 heterocycles. The molecule has 1 aromatic heterocycles. The van der Waals surface area contributed by atoms with Crippen LogP contribution in [0.25, 0.3) is 0 Å². The lowest BCUT2D eigenvalue weighted by molar-refractivity contribution is -0.129. The van der Waals surface area contributed by atoms with Gasteiger partial charge in [0.25, 0.3) is 0 Å². The molecule has 0 radical (unpaired) electrons. The number of rotatable bonds is 4. The van der Waals surface area contributed by atoms with Crippen LogP contribution < -0.4 is 5.32 Å². The molecule has 72 valence electrons. The zero-order chi connectivity index (χ0) is 9.68. The number of carbonyl (C=O) groups excluding carboxylic acids is 1. The molecule has 0 saturated heterocycles. The number of aromatic nitrogens is 2. The Bertz CT molecular complexity index is 257. The molecule has 1 aromatic rings. The molecule has 0 aliphatic heterocycles. The Morgan fingerprint density at radius 3 is 3.08 bits per heavy atom. The number of carbonyl (C=O) groups is 1. The van der Waals surface area contributed by atoms with Gasteiger partial charge in [0, 0.05) is 25.4 Å². The molecule has 5 heteroatoms. The molecule has 0 aromatic carbocycles. The molecule has 5 nitrogen and oxygen atoms in total. The van der Waals surface area contributed by atoms with Gasteiger partial charge in [0.1, 0.15) is 0 Å². The van der Waals surface area contributed by atoms with Crippen molar-refractivity contribution >= 4 is 5.91 Å². The second-order valence-corrected chi connectivity index (χ2v) is 2.89. The zero-order valence-electron chi connectivity index (χ0n) is 7.87. The Morgan fingerprint density at radius 2 is 2.54 bits per heavy atom. The third kappa shape index (κ3) is 2.87. The van der Waals surface area contributed by atoms with E-state index in [4.69, 9.17) is 0 Å². The molecule has 13 heavy (non-hydrogen) atoms. The normalized spacial score (nSPS) is 10.0. The predicted octanol–water partition coefficient (Wildman–Crippen LogP) is -0.413. The van der Waals surface area contributed by atoms with Crippen LogP contribution in [0.1, 0.15) is 5.56 Å². The summed E-state index contributed by atoms with van der Waals surface area (Å²) in [5.74, 6) is 0.0729. The third-order valence-corrected chi connectivity index (χ3v) is 1.73. The molecule has 1 amide bonds. The lowest BCUT2D eigenvalue weighted by atomic mass is 10.3. The van der Waals surface area contributed by atoms with Gasteiger partial charge in [-0.25, -0.2) is 0 Å². The predicted molar refractivity (Wildman–Crippen MR) is 49.0 cm³/mol. The minimum atomic E-state index is 0.0729. The first-order valence-electron chi connectivity index (χ1n) is 4.10. The van der Waals surface area contributed by atoms with Crippen LogP contribution in [-0.4, -0.2) is 41.6 Å². The van der Waals surface area contributed by atoms with E-state index in [-0.39, 0.29) is 5.91 Å². The summed E-state index contributed by atoms with van der Waals surface area (Å²) in [6.07, 6.45) is 3.49. The van der Waals surface area contributed by atoms with Gasteiger partial charge in [-0.1, -0.05) is 0 Å². The summed E-state index contributed by atoms with van der Waals surface area (Å²) in [6, 6.07) is 0. The maximum Gasteiger partial charge on any atom is 0.236 e. The van der Waals surface area contributed by atoms with Crippen molar-refractivity contribution in [2.24, 2.45) is 0 Å². The number of likely N-dealkylation sites (N-methyl/N-ethyl adjacent to an activating group) is 2. The van der Waals surface area contributed by atoms with Crippen LogP contribution in [-0.2, 0) is 11.3 Å². The quantitative estimate of drug-likeness (QED) is 0.665. The Morgan fingerprint density at radius 1 is 1.77 bits per heavy atom. The number of nitrogens with one attached hydrogen (secondary N) is 2. The molecular weight excluding hydrogens is 168 g/mol. The van der Waals surface area contributed by atoms with Crippen LogP contribution in [0, 0.1) is 0 Å². The highest BCUT2D eigenvalue weighted by Gasteiger charge is 2.07. The molecule has 0 atom stereocenters. The number of aromatic amines is 1. The lowest BCUT2D eigenvalue weighted by Gasteiger charge is -2.15. The van der Waals surface area contributed by atoms with Crippen LogP contribution in [0.5, 0.6) is 0 Å². The molecule has 0 spiro atoms. The Kier molecular flexibility index (Phi) is 3.45. The Labute approximate surface area is 77.1 Å². The van der Waals surface area contributed by atoms with E-state index in [1.165, 1.54) is 0 Å². The van der Waals surface area contributed by atoms with E-state index < -0.39 is 0 Å². The first kappa shape index (κ1) is 9.73. The molecule has 0 fully saturated rings. The SMILES string of the molecule is CNCC(=O)N(C)Cc1cn[nH]c1. The molecule has 0 unspecified atom stereocenters. The van der Waals surface area contributed by atoms with Gasteiger partial charge in [0.2, 0.25) is 5.91 Å². The van der Waals surface area contributed by atoms with Gasteiger partial charge < -0.3 is 10.2 Å². The van der Waals surface area contributed by atoms with Gasteiger partial charge in [0.15, 0.2) is 0 Å². The highest BCUT2D eigenvalue weighted by atomic mass is 16.2. The second-order valence-electron chi connectivity index (χ2n) is 2.89. The summed E-state index contributed by atoms with van der Waals surface area (Å²) < 4.78 is 0. The van der Waals surface area contributed by atoms with Crippen molar-refractivity contribution in [1.82, 2.24) is 20.4 Å². The van der Waals surface area contributed by atoms with Crippen molar-refractivity contribution in [2.75, 3.05) is 20.6 Å². The van der Waals surface area contributed by atoms with Gasteiger partial charge in [-0.15, -0.1) is 0 Å². The molecule has 0 saturated carbocycles. The van der Waals surface area contributed by atoms with Gasteiger partial charge in [-0.2, -0.15) is 5.10 Å². The van der Waals surface area contributed by atoms with Gasteiger partial charge in [-0.05, 0) is 7.05 Å². The monoisotopic (exact) mass is 182 g/mol. The average molecular weight is 182 g/mol. The molecule has 0 aliphatic rings. The fraction of sp³-hybridized carbons (Fsp3) is 0.500. The van der Waals surface area contributed by atoms with Crippen LogP contribution in [0.4, 0.5) is 0 Å². The van der Waals surface area contributed by atoms with Gasteiger partial charge >= 0.3 is 0 Å². The van der Waals surface area contributed by atoms with E-state index in [2.05, 4.69) is 15.5 Å². The van der Waals surface area contributed by atoms with Gasteiger partial charge in [0.05, 0.1) is 12.7 Å². The smallest absolute Gasteiger partial charge is 0.236 e. The number of nitrogens with zero attached hydrogens (tertiary/aromatic N) is 2. The minimum Gasteiger partial charge on any atom is -0.340 e. The van der Waals surface area contributed by atoms with Crippen LogP contribution >= 0.6 is 0 Å². The highest BCUT2D eigenvalue weighted by Crippen LogP contribution is 1.98. The molecule has 0 aliphatic carbocycles. The summed E-state index contributed by atoms with van der Waals surface area (Å²) in [5.41, 5.74) is 1.01. The average Bonchev–Trinajstić information content (AvgIpc) is 2.57.